The first kappa shape index (κ1) is 28.0. The second kappa shape index (κ2) is 12.6. The van der Waals surface area contributed by atoms with Crippen LogP contribution in [0, 0.1) is 10.2 Å². The molecule has 0 saturated heterocycles. The standard InChI is InChI=1S/C29H30NSe.ClHO4/c1-5-21-7-11-24(12-8-21)28-19-26(23-15-17-27(18-16-23)30(3)4)20-29(31-28)25-13-9-22(6-2)10-14-25;2-1(3,4)5/h7-20H,5-6H2,1-4H3;(H,2,3,4,5)/q+1;/p-1. The van der Waals surface area contributed by atoms with Gasteiger partial charge in [0.15, 0.2) is 0 Å². The fraction of sp³-hybridized carbons (Fsp3) is 0.207. The second-order valence-corrected chi connectivity index (χ2v) is 11.5. The van der Waals surface area contributed by atoms with Crippen LogP contribution in [0.4, 0.5) is 0 Å². The van der Waals surface area contributed by atoms with Crippen molar-refractivity contribution in [2.45, 2.75) is 26.7 Å². The van der Waals surface area contributed by atoms with Crippen molar-refractivity contribution in [1.29, 1.82) is 0 Å². The molecule has 0 spiro atoms. The summed E-state index contributed by atoms with van der Waals surface area (Å²) in [6.07, 6.45) is 15.8. The molecule has 188 valence electrons. The average molecular weight is 571 g/mol. The smallest absolute Gasteiger partial charge is 0.112 e. The number of benzene rings is 2. The zero-order valence-corrected chi connectivity index (χ0v) is 23.3. The van der Waals surface area contributed by atoms with E-state index in [-0.39, 0.29) is 15.0 Å². The summed E-state index contributed by atoms with van der Waals surface area (Å²) in [5.41, 5.74) is 9.26. The van der Waals surface area contributed by atoms with Crippen LogP contribution >= 0.6 is 0 Å². The number of allylic oxidation sites excluding steroid dienone is 8. The van der Waals surface area contributed by atoms with Crippen molar-refractivity contribution in [3.8, 4) is 0 Å². The monoisotopic (exact) mass is 571 g/mol. The number of hydrogen-bond acceptors (Lipinski definition) is 4. The Morgan fingerprint density at radius 3 is 1.36 bits per heavy atom. The molecule has 0 radical (unpaired) electrons. The molecular weight excluding hydrogens is 541 g/mol. The number of hydrogen-bond donors (Lipinski definition) is 0. The van der Waals surface area contributed by atoms with Gasteiger partial charge in [0, 0.05) is 0 Å². The summed E-state index contributed by atoms with van der Waals surface area (Å²) in [5, 5.41) is 0. The average Bonchev–Trinajstić information content (AvgIpc) is 2.87. The third-order valence-electron chi connectivity index (χ3n) is 5.80. The fourth-order valence-corrected chi connectivity index (χ4v) is 6.06. The Balaban J connectivity index is 0.000000658. The minimum Gasteiger partial charge on any atom is -0.222 e. The molecule has 2 aliphatic rings. The maximum Gasteiger partial charge on any atom is -0.112 e. The van der Waals surface area contributed by atoms with Crippen LogP contribution in [0.1, 0.15) is 36.1 Å². The molecule has 1 aliphatic carbocycles. The minimum atomic E-state index is -4.94. The second-order valence-electron chi connectivity index (χ2n) is 8.49. The molecule has 0 amide bonds. The molecule has 5 nitrogen and oxygen atoms in total. The van der Waals surface area contributed by atoms with Crippen LogP contribution in [-0.4, -0.2) is 39.3 Å². The molecule has 36 heavy (non-hydrogen) atoms. The normalized spacial score (nSPS) is 15.3. The van der Waals surface area contributed by atoms with Gasteiger partial charge in [-0.05, 0) is 0 Å². The van der Waals surface area contributed by atoms with Crippen molar-refractivity contribution < 1.29 is 33.5 Å². The molecule has 7 heteroatoms. The van der Waals surface area contributed by atoms with Crippen LogP contribution in [0.25, 0.3) is 8.94 Å². The van der Waals surface area contributed by atoms with Crippen LogP contribution in [0.15, 0.2) is 96.1 Å². The third kappa shape index (κ3) is 8.26. The van der Waals surface area contributed by atoms with Crippen LogP contribution in [0.2, 0.25) is 0 Å². The molecule has 1 heterocycles. The van der Waals surface area contributed by atoms with E-state index in [4.69, 9.17) is 18.6 Å². The summed E-state index contributed by atoms with van der Waals surface area (Å²) in [5.74, 6) is 0. The number of aryl methyl sites for hydroxylation is 2. The molecule has 0 atom stereocenters. The van der Waals surface area contributed by atoms with Crippen LogP contribution in [0.3, 0.4) is 0 Å². The summed E-state index contributed by atoms with van der Waals surface area (Å²) in [6.45, 7) is 4.42. The Morgan fingerprint density at radius 2 is 1.03 bits per heavy atom. The molecule has 0 aromatic heterocycles. The first-order valence-electron chi connectivity index (χ1n) is 11.6. The zero-order chi connectivity index (χ0) is 26.3. The van der Waals surface area contributed by atoms with Gasteiger partial charge in [-0.15, -0.1) is 10.2 Å². The van der Waals surface area contributed by atoms with Crippen molar-refractivity contribution in [3.63, 3.8) is 0 Å². The van der Waals surface area contributed by atoms with Gasteiger partial charge in [-0.25, -0.2) is 18.6 Å². The maximum atomic E-state index is 8.49. The van der Waals surface area contributed by atoms with Gasteiger partial charge < -0.3 is 0 Å². The zero-order valence-electron chi connectivity index (χ0n) is 20.9. The topological polar surface area (TPSA) is 95.2 Å². The molecule has 0 unspecified atom stereocenters. The first-order chi connectivity index (χ1) is 17.1. The van der Waals surface area contributed by atoms with Gasteiger partial charge in [0.05, 0.1) is 0 Å². The number of rotatable bonds is 4. The molecule has 0 bridgehead atoms. The molecule has 0 N–H and O–H groups in total. The molecule has 2 aromatic rings. The Bertz CT molecular complexity index is 1170. The summed E-state index contributed by atoms with van der Waals surface area (Å²) in [4.78, 5) is 0. The van der Waals surface area contributed by atoms with Gasteiger partial charge in [-0.2, -0.15) is 0 Å². The van der Waals surface area contributed by atoms with E-state index in [9.17, 15) is 0 Å². The van der Waals surface area contributed by atoms with Gasteiger partial charge >= 0.3 is 193 Å². The van der Waals surface area contributed by atoms with Gasteiger partial charge in [-0.1, -0.05) is 0 Å². The molecule has 0 fully saturated rings. The summed E-state index contributed by atoms with van der Waals surface area (Å²) in [6, 6.07) is 18.3. The van der Waals surface area contributed by atoms with Gasteiger partial charge in [0.25, 0.3) is 0 Å². The van der Waals surface area contributed by atoms with E-state index in [1.165, 1.54) is 48.1 Å². The van der Waals surface area contributed by atoms with Crippen molar-refractivity contribution >= 4 is 29.6 Å². The van der Waals surface area contributed by atoms with Crippen molar-refractivity contribution in [2.75, 3.05) is 14.1 Å². The molecule has 4 rings (SSSR count). The summed E-state index contributed by atoms with van der Waals surface area (Å²) >= 11 is 0.272. The van der Waals surface area contributed by atoms with Crippen molar-refractivity contribution in [1.82, 2.24) is 0 Å². The number of halogens is 1. The largest absolute Gasteiger partial charge is 0.222 e. The Kier molecular flexibility index (Phi) is 9.83. The van der Waals surface area contributed by atoms with Crippen LogP contribution < -0.4 is 18.6 Å². The van der Waals surface area contributed by atoms with E-state index in [1.54, 1.807) is 0 Å². The van der Waals surface area contributed by atoms with Crippen LogP contribution in [-0.2, 0) is 12.8 Å². The first-order valence-corrected chi connectivity index (χ1v) is 14.6. The molecule has 2 aromatic carbocycles. The maximum absolute atomic E-state index is 8.49. The molecule has 0 saturated carbocycles. The van der Waals surface area contributed by atoms with Crippen LogP contribution in [0.5, 0.6) is 0 Å². The fourth-order valence-electron chi connectivity index (χ4n) is 3.71. The summed E-state index contributed by atoms with van der Waals surface area (Å²) < 4.78 is 39.0. The van der Waals surface area contributed by atoms with Gasteiger partial charge in [0.1, 0.15) is 0 Å². The van der Waals surface area contributed by atoms with E-state index >= 15 is 0 Å². The number of nitrogens with zero attached hydrogens (tertiary/aromatic N) is 1. The van der Waals surface area contributed by atoms with Crippen molar-refractivity contribution in [2.24, 2.45) is 0 Å². The third-order valence-corrected chi connectivity index (χ3v) is 8.21. The van der Waals surface area contributed by atoms with E-state index in [2.05, 4.69) is 118 Å². The Labute approximate surface area is 221 Å². The molecule has 1 aliphatic heterocycles. The Hall–Kier alpha value is -2.54. The van der Waals surface area contributed by atoms with Gasteiger partial charge in [-0.3, -0.25) is 0 Å². The van der Waals surface area contributed by atoms with Gasteiger partial charge in [0.2, 0.25) is 0 Å². The predicted molar refractivity (Wildman–Crippen MR) is 136 cm³/mol. The van der Waals surface area contributed by atoms with E-state index in [0.717, 1.165) is 12.8 Å². The van der Waals surface area contributed by atoms with E-state index in [0.29, 0.717) is 0 Å². The quantitative estimate of drug-likeness (QED) is 0.409. The minimum absolute atomic E-state index is 0.272. The summed E-state index contributed by atoms with van der Waals surface area (Å²) in [7, 11) is -0.775. The van der Waals surface area contributed by atoms with E-state index < -0.39 is 10.2 Å². The molecular formula is C29H30ClNO4Se. The predicted octanol–water partition coefficient (Wildman–Crippen LogP) is 1.29. The SMILES string of the molecule is CCc1ccc(C2=CC(=C3C=CC(=[N+](C)C)C=C3)C=C(c3ccc(CC)cc3)[Se]2)cc1.[O-][Cl+3]([O-])([O-])[O-]. The van der Waals surface area contributed by atoms with Crippen molar-refractivity contribution in [3.05, 3.63) is 118 Å². The Morgan fingerprint density at radius 1 is 0.639 bits per heavy atom. The van der Waals surface area contributed by atoms with E-state index in [1.807, 2.05) is 0 Å².